The zero-order valence-corrected chi connectivity index (χ0v) is 33.8. The number of hydrogen-bond acceptors (Lipinski definition) is 4. The van der Waals surface area contributed by atoms with Gasteiger partial charge in [-0.15, -0.1) is 45.1 Å². The molecular weight excluding hydrogens is 627 g/mol. The van der Waals surface area contributed by atoms with Crippen LogP contribution in [0.4, 0.5) is 0 Å². The van der Waals surface area contributed by atoms with E-state index in [9.17, 15) is 14.4 Å². The Kier molecular flexibility index (Phi) is 68.7. The number of nitrogens with zero attached hydrogens (tertiary/aromatic N) is 1. The molecule has 0 fully saturated rings. The Morgan fingerprint density at radius 1 is 0.784 bits per heavy atom. The van der Waals surface area contributed by atoms with Crippen molar-refractivity contribution in [1.29, 1.82) is 0 Å². The average Bonchev–Trinajstić information content (AvgIpc) is 3.08. The molecule has 4 heteroatoms. The summed E-state index contributed by atoms with van der Waals surface area (Å²) in [6, 6.07) is 8.63. The minimum atomic E-state index is -0.218. The van der Waals surface area contributed by atoms with E-state index in [1.54, 1.807) is 36.3 Å². The van der Waals surface area contributed by atoms with Crippen LogP contribution >= 0.6 is 0 Å². The van der Waals surface area contributed by atoms with Crippen molar-refractivity contribution in [3.63, 3.8) is 0 Å². The van der Waals surface area contributed by atoms with E-state index in [1.807, 2.05) is 70.2 Å². The number of carbonyl (C=O) groups excluding carboxylic acids is 3. The van der Waals surface area contributed by atoms with Gasteiger partial charge in [-0.25, -0.2) is 0 Å². The molecule has 0 bridgehead atoms. The van der Waals surface area contributed by atoms with Gasteiger partial charge in [0.1, 0.15) is 0 Å². The second-order valence-electron chi connectivity index (χ2n) is 9.99. The number of hydrogen-bond donors (Lipinski definition) is 0. The molecule has 0 N–H and O–H groups in total. The molecule has 0 saturated carbocycles. The Morgan fingerprint density at radius 2 is 1.14 bits per heavy atom. The van der Waals surface area contributed by atoms with Crippen molar-refractivity contribution < 1.29 is 14.4 Å². The lowest BCUT2D eigenvalue weighted by Crippen LogP contribution is -2.17. The van der Waals surface area contributed by atoms with E-state index in [2.05, 4.69) is 101 Å². The standard InChI is InChI=1S/C8H8.C8H14.C7H13N.C6H8O.C5H8.C4H6O.C4H4O.C3H4.C2H6/c1-2-4-8-6-5-7(8)3-1;2*1-4-6-8(3)7-5-2;1-3-4-5-6(2)7;1-3-5-4-2;2*1-3-4(2)5;1-3-2;1-2/h1-4H,5-6H2;4-5,8H,1-2,6-7H2,3H3;4-5H,1-2,6-7H2,3H3;3-5H,1H2,2H3;3-5H,1H2,2H3;3H,1H2,2H3;1H,2H3;1H,2H3;1-2H3. The fraction of sp³-hybridized carbons (Fsp3) is 0.340. The van der Waals surface area contributed by atoms with Gasteiger partial charge in [-0.05, 0) is 95.5 Å². The molecule has 1 aromatic rings. The number of terminal acetylenes is 2. The molecule has 0 radical (unpaired) electrons. The van der Waals surface area contributed by atoms with Crippen LogP contribution in [0.5, 0.6) is 0 Å². The van der Waals surface area contributed by atoms with Crippen LogP contribution in [0.25, 0.3) is 0 Å². The molecule has 2 rings (SSSR count). The monoisotopic (exact) mass is 698 g/mol. The molecule has 0 unspecified atom stereocenters. The summed E-state index contributed by atoms with van der Waals surface area (Å²) in [5.74, 6) is 4.72. The Bertz CT molecular complexity index is 1130. The minimum Gasteiger partial charge on any atom is -0.299 e. The van der Waals surface area contributed by atoms with E-state index in [-0.39, 0.29) is 17.3 Å². The van der Waals surface area contributed by atoms with Gasteiger partial charge in [-0.1, -0.05) is 119 Å². The quantitative estimate of drug-likeness (QED) is 0.0717. The second kappa shape index (κ2) is 57.2. The fourth-order valence-corrected chi connectivity index (χ4v) is 2.66. The van der Waals surface area contributed by atoms with Crippen molar-refractivity contribution in [2.75, 3.05) is 20.1 Å². The largest absolute Gasteiger partial charge is 0.299 e. The van der Waals surface area contributed by atoms with Gasteiger partial charge in [0, 0.05) is 20.0 Å². The first-order valence-electron chi connectivity index (χ1n) is 16.9. The summed E-state index contributed by atoms with van der Waals surface area (Å²) in [5.41, 5.74) is 3.10. The van der Waals surface area contributed by atoms with Gasteiger partial charge in [-0.3, -0.25) is 19.3 Å². The second-order valence-corrected chi connectivity index (χ2v) is 9.99. The Balaban J connectivity index is -0.0000000875. The SMILES string of the molecule is C#CC.C#CC(C)=O.C=CC(C)=O.C=CC=CC.C=CC=CC(C)=O.C=CCC(C)CC=C.C=CCN(C)CC=C.CC.c1ccc2c(c1)CC2. The third-order valence-corrected chi connectivity index (χ3v) is 5.09. The Hall–Kier alpha value is -5.03. The van der Waals surface area contributed by atoms with Crippen LogP contribution in [0, 0.1) is 30.6 Å². The number of Topliss-reactive ketones (excluding diaryl/α,β-unsaturated/α-hetero) is 1. The zero-order valence-electron chi connectivity index (χ0n) is 33.8. The third-order valence-electron chi connectivity index (χ3n) is 5.09. The van der Waals surface area contributed by atoms with E-state index >= 15 is 0 Å². The van der Waals surface area contributed by atoms with E-state index < -0.39 is 0 Å². The normalized spacial score (nSPS) is 8.80. The highest BCUT2D eigenvalue weighted by Gasteiger charge is 2.09. The molecule has 282 valence electrons. The summed E-state index contributed by atoms with van der Waals surface area (Å²) >= 11 is 0. The summed E-state index contributed by atoms with van der Waals surface area (Å²) in [4.78, 5) is 31.5. The molecule has 0 amide bonds. The maximum absolute atomic E-state index is 10.1. The third kappa shape index (κ3) is 76.4. The topological polar surface area (TPSA) is 54.5 Å². The molecule has 0 aromatic heterocycles. The molecule has 0 atom stereocenters. The van der Waals surface area contributed by atoms with Gasteiger partial charge in [0.25, 0.3) is 0 Å². The maximum Gasteiger partial charge on any atom is 0.202 e. The number of carbonyl (C=O) groups is 3. The van der Waals surface area contributed by atoms with Gasteiger partial charge < -0.3 is 0 Å². The zero-order chi connectivity index (χ0) is 41.3. The predicted octanol–water partition coefficient (Wildman–Crippen LogP) is 11.6. The van der Waals surface area contributed by atoms with Gasteiger partial charge in [-0.2, -0.15) is 0 Å². The van der Waals surface area contributed by atoms with Crippen LogP contribution in [0.1, 0.15) is 79.4 Å². The number of rotatable bonds is 12. The van der Waals surface area contributed by atoms with E-state index in [0.29, 0.717) is 0 Å². The lowest BCUT2D eigenvalue weighted by Gasteiger charge is -2.16. The molecule has 0 saturated heterocycles. The molecule has 0 heterocycles. The van der Waals surface area contributed by atoms with Crippen LogP contribution in [0.15, 0.2) is 137 Å². The smallest absolute Gasteiger partial charge is 0.202 e. The number of benzene rings is 1. The first-order valence-corrected chi connectivity index (χ1v) is 16.9. The highest BCUT2D eigenvalue weighted by molar-refractivity contribution is 5.92. The van der Waals surface area contributed by atoms with Crippen LogP contribution in [-0.4, -0.2) is 42.4 Å². The van der Waals surface area contributed by atoms with Gasteiger partial charge in [0.15, 0.2) is 11.6 Å². The van der Waals surface area contributed by atoms with E-state index in [1.165, 1.54) is 45.8 Å². The molecular formula is C47H71NO3. The number of fused-ring (bicyclic) bond motifs is 1. The van der Waals surface area contributed by atoms with Crippen LogP contribution in [0.2, 0.25) is 0 Å². The molecule has 1 aliphatic rings. The van der Waals surface area contributed by atoms with Crippen molar-refractivity contribution in [3.05, 3.63) is 148 Å². The summed E-state index contributed by atoms with van der Waals surface area (Å²) in [7, 11) is 2.03. The average molecular weight is 698 g/mol. The lowest BCUT2D eigenvalue weighted by atomic mass is 9.89. The van der Waals surface area contributed by atoms with Crippen LogP contribution in [0.3, 0.4) is 0 Å². The molecule has 1 aromatic carbocycles. The Morgan fingerprint density at radius 3 is 1.27 bits per heavy atom. The minimum absolute atomic E-state index is 0.0185. The van der Waals surface area contributed by atoms with Crippen LogP contribution in [-0.2, 0) is 27.2 Å². The fourth-order valence-electron chi connectivity index (χ4n) is 2.66. The summed E-state index contributed by atoms with van der Waals surface area (Å²) in [6.45, 7) is 40.6. The predicted molar refractivity (Wildman–Crippen MR) is 232 cm³/mol. The first-order chi connectivity index (χ1) is 24.2. The lowest BCUT2D eigenvalue weighted by molar-refractivity contribution is -0.113. The van der Waals surface area contributed by atoms with Gasteiger partial charge in [0.05, 0.1) is 0 Å². The van der Waals surface area contributed by atoms with E-state index in [0.717, 1.165) is 31.8 Å². The Labute approximate surface area is 315 Å². The van der Waals surface area contributed by atoms with Gasteiger partial charge in [0.2, 0.25) is 5.78 Å². The first kappa shape index (κ1) is 61.2. The van der Waals surface area contributed by atoms with E-state index in [4.69, 9.17) is 0 Å². The molecule has 1 aliphatic carbocycles. The number of likely N-dealkylation sites (N-methyl/N-ethyl adjacent to an activating group) is 1. The van der Waals surface area contributed by atoms with Crippen LogP contribution < -0.4 is 0 Å². The molecule has 0 spiro atoms. The summed E-state index contributed by atoms with van der Waals surface area (Å²) < 4.78 is 0. The van der Waals surface area contributed by atoms with Crippen molar-refractivity contribution in [2.45, 2.75) is 81.1 Å². The molecule has 4 nitrogen and oxygen atoms in total. The van der Waals surface area contributed by atoms with Crippen molar-refractivity contribution >= 4 is 17.3 Å². The number of ketones is 3. The highest BCUT2D eigenvalue weighted by Crippen LogP contribution is 2.20. The number of aryl methyl sites for hydroxylation is 2. The van der Waals surface area contributed by atoms with Crippen molar-refractivity contribution in [1.82, 2.24) is 4.90 Å². The van der Waals surface area contributed by atoms with Crippen molar-refractivity contribution in [2.24, 2.45) is 5.92 Å². The highest BCUT2D eigenvalue weighted by atomic mass is 16.1. The number of allylic oxidation sites excluding steroid dienone is 9. The molecule has 51 heavy (non-hydrogen) atoms. The maximum atomic E-state index is 10.1. The van der Waals surface area contributed by atoms with Crippen molar-refractivity contribution in [3.8, 4) is 24.7 Å². The summed E-state index contributed by atoms with van der Waals surface area (Å²) in [6.07, 6.45) is 33.1. The summed E-state index contributed by atoms with van der Waals surface area (Å²) in [5, 5.41) is 0. The molecule has 0 aliphatic heterocycles. The van der Waals surface area contributed by atoms with Gasteiger partial charge >= 0.3 is 0 Å².